The minimum Gasteiger partial charge on any atom is -0.494 e. The highest BCUT2D eigenvalue weighted by atomic mass is 35.5. The maximum atomic E-state index is 5.88. The molecule has 1 aromatic rings. The monoisotopic (exact) mass is 227 g/mol. The van der Waals surface area contributed by atoms with Gasteiger partial charge in [0.1, 0.15) is 5.75 Å². The van der Waals surface area contributed by atoms with Crippen LogP contribution in [0.25, 0.3) is 0 Å². The minimum atomic E-state index is 0.289. The van der Waals surface area contributed by atoms with Gasteiger partial charge in [-0.1, -0.05) is 32.4 Å². The largest absolute Gasteiger partial charge is 0.494 e. The molecule has 3 heteroatoms. The van der Waals surface area contributed by atoms with Gasteiger partial charge in [0.25, 0.3) is 0 Å². The lowest BCUT2D eigenvalue weighted by Gasteiger charge is -2.18. The molecule has 0 aromatic heterocycles. The minimum absolute atomic E-state index is 0.289. The number of ether oxygens (including phenoxy) is 1. The molecule has 0 saturated carbocycles. The number of hydrogen-bond acceptors (Lipinski definition) is 2. The summed E-state index contributed by atoms with van der Waals surface area (Å²) in [5.41, 5.74) is 6.47. The molecule has 0 unspecified atom stereocenters. The van der Waals surface area contributed by atoms with Crippen molar-refractivity contribution >= 4 is 17.3 Å². The maximum Gasteiger partial charge on any atom is 0.120 e. The van der Waals surface area contributed by atoms with E-state index in [1.165, 1.54) is 0 Å². The molecule has 0 bridgehead atoms. The number of halogens is 1. The van der Waals surface area contributed by atoms with Gasteiger partial charge in [-0.15, -0.1) is 0 Å². The van der Waals surface area contributed by atoms with Crippen LogP contribution in [0.15, 0.2) is 18.2 Å². The van der Waals surface area contributed by atoms with E-state index in [1.54, 1.807) is 12.1 Å². The van der Waals surface area contributed by atoms with Crippen molar-refractivity contribution in [2.24, 2.45) is 5.41 Å². The first-order valence-corrected chi connectivity index (χ1v) is 5.44. The summed E-state index contributed by atoms with van der Waals surface area (Å²) in [4.78, 5) is 0. The number of nitrogen functional groups attached to an aromatic ring is 1. The summed E-state index contributed by atoms with van der Waals surface area (Å²) in [5, 5.41) is 0.545. The lowest BCUT2D eigenvalue weighted by Crippen LogP contribution is -2.11. The Morgan fingerprint density at radius 3 is 2.53 bits per heavy atom. The van der Waals surface area contributed by atoms with Gasteiger partial charge in [0.05, 0.1) is 17.3 Å². The van der Waals surface area contributed by atoms with Crippen molar-refractivity contribution in [3.63, 3.8) is 0 Å². The van der Waals surface area contributed by atoms with E-state index in [0.717, 1.165) is 12.2 Å². The quantitative estimate of drug-likeness (QED) is 0.799. The van der Waals surface area contributed by atoms with Crippen LogP contribution in [0.5, 0.6) is 5.75 Å². The van der Waals surface area contributed by atoms with E-state index >= 15 is 0 Å². The van der Waals surface area contributed by atoms with Gasteiger partial charge in [0.2, 0.25) is 0 Å². The molecular weight excluding hydrogens is 210 g/mol. The first kappa shape index (κ1) is 12.2. The van der Waals surface area contributed by atoms with Crippen LogP contribution in [0, 0.1) is 5.41 Å². The van der Waals surface area contributed by atoms with Crippen LogP contribution in [-0.4, -0.2) is 6.61 Å². The van der Waals surface area contributed by atoms with Crippen molar-refractivity contribution in [2.75, 3.05) is 12.3 Å². The zero-order valence-electron chi connectivity index (χ0n) is 9.51. The highest BCUT2D eigenvalue weighted by molar-refractivity contribution is 6.33. The van der Waals surface area contributed by atoms with Gasteiger partial charge in [-0.2, -0.15) is 0 Å². The summed E-state index contributed by atoms with van der Waals surface area (Å²) >= 11 is 5.88. The molecule has 2 nitrogen and oxygen atoms in total. The second kappa shape index (κ2) is 4.75. The third kappa shape index (κ3) is 4.43. The summed E-state index contributed by atoms with van der Waals surface area (Å²) < 4.78 is 5.58. The van der Waals surface area contributed by atoms with Crippen molar-refractivity contribution in [2.45, 2.75) is 27.2 Å². The number of rotatable bonds is 3. The Labute approximate surface area is 96.4 Å². The van der Waals surface area contributed by atoms with Gasteiger partial charge in [-0.25, -0.2) is 0 Å². The molecular formula is C12H18ClNO. The third-order valence-electron chi connectivity index (χ3n) is 2.09. The van der Waals surface area contributed by atoms with Gasteiger partial charge >= 0.3 is 0 Å². The number of nitrogens with two attached hydrogens (primary N) is 1. The standard InChI is InChI=1S/C12H18ClNO/c1-12(2,3)6-7-15-9-4-5-11(14)10(13)8-9/h4-5,8H,6-7,14H2,1-3H3. The molecule has 1 aromatic carbocycles. The van der Waals surface area contributed by atoms with Crippen LogP contribution in [0.4, 0.5) is 5.69 Å². The van der Waals surface area contributed by atoms with Crippen molar-refractivity contribution in [1.82, 2.24) is 0 Å². The molecule has 0 amide bonds. The fraction of sp³-hybridized carbons (Fsp3) is 0.500. The Morgan fingerprint density at radius 2 is 2.00 bits per heavy atom. The average molecular weight is 228 g/mol. The molecule has 0 saturated heterocycles. The summed E-state index contributed by atoms with van der Waals surface area (Å²) in [7, 11) is 0. The zero-order valence-corrected chi connectivity index (χ0v) is 10.3. The summed E-state index contributed by atoms with van der Waals surface area (Å²) in [6.45, 7) is 7.26. The number of hydrogen-bond donors (Lipinski definition) is 1. The Bertz CT molecular complexity index is 331. The Morgan fingerprint density at radius 1 is 1.33 bits per heavy atom. The molecule has 0 atom stereocenters. The van der Waals surface area contributed by atoms with Gasteiger partial charge in [0.15, 0.2) is 0 Å². The Kier molecular flexibility index (Phi) is 3.86. The van der Waals surface area contributed by atoms with E-state index < -0.39 is 0 Å². The van der Waals surface area contributed by atoms with E-state index in [9.17, 15) is 0 Å². The van der Waals surface area contributed by atoms with Gasteiger partial charge in [-0.05, 0) is 24.0 Å². The van der Waals surface area contributed by atoms with Crippen LogP contribution in [0.3, 0.4) is 0 Å². The van der Waals surface area contributed by atoms with E-state index in [2.05, 4.69) is 20.8 Å². The maximum absolute atomic E-state index is 5.88. The lowest BCUT2D eigenvalue weighted by molar-refractivity contribution is 0.243. The predicted molar refractivity (Wildman–Crippen MR) is 65.4 cm³/mol. The van der Waals surface area contributed by atoms with Gasteiger partial charge < -0.3 is 10.5 Å². The highest BCUT2D eigenvalue weighted by Gasteiger charge is 2.10. The fourth-order valence-corrected chi connectivity index (χ4v) is 1.24. The Hall–Kier alpha value is -0.890. The second-order valence-corrected chi connectivity index (χ2v) is 5.25. The van der Waals surface area contributed by atoms with Crippen LogP contribution in [-0.2, 0) is 0 Å². The first-order valence-electron chi connectivity index (χ1n) is 5.06. The summed E-state index contributed by atoms with van der Waals surface area (Å²) in [6.07, 6.45) is 1.01. The molecule has 0 radical (unpaired) electrons. The van der Waals surface area contributed by atoms with Crippen LogP contribution in [0.2, 0.25) is 5.02 Å². The normalized spacial score (nSPS) is 11.5. The molecule has 0 spiro atoms. The molecule has 15 heavy (non-hydrogen) atoms. The molecule has 0 fully saturated rings. The predicted octanol–water partition coefficient (Wildman–Crippen LogP) is 3.74. The van der Waals surface area contributed by atoms with E-state index in [4.69, 9.17) is 22.1 Å². The molecule has 0 heterocycles. The summed E-state index contributed by atoms with van der Waals surface area (Å²) in [5.74, 6) is 0.776. The van der Waals surface area contributed by atoms with Gasteiger partial charge in [0, 0.05) is 6.07 Å². The first-order chi connectivity index (χ1) is 6.88. The fourth-order valence-electron chi connectivity index (χ4n) is 1.07. The average Bonchev–Trinajstić information content (AvgIpc) is 2.09. The van der Waals surface area contributed by atoms with Crippen LogP contribution in [0.1, 0.15) is 27.2 Å². The van der Waals surface area contributed by atoms with Crippen molar-refractivity contribution in [3.05, 3.63) is 23.2 Å². The van der Waals surface area contributed by atoms with E-state index in [1.807, 2.05) is 6.07 Å². The Balaban J connectivity index is 2.48. The molecule has 0 aliphatic heterocycles. The molecule has 1 rings (SSSR count). The molecule has 0 aliphatic rings. The highest BCUT2D eigenvalue weighted by Crippen LogP contribution is 2.25. The van der Waals surface area contributed by atoms with Crippen molar-refractivity contribution in [1.29, 1.82) is 0 Å². The number of anilines is 1. The smallest absolute Gasteiger partial charge is 0.120 e. The molecule has 2 N–H and O–H groups in total. The van der Waals surface area contributed by atoms with Crippen LogP contribution < -0.4 is 10.5 Å². The molecule has 84 valence electrons. The third-order valence-corrected chi connectivity index (χ3v) is 2.42. The van der Waals surface area contributed by atoms with Gasteiger partial charge in [-0.3, -0.25) is 0 Å². The van der Waals surface area contributed by atoms with E-state index in [-0.39, 0.29) is 5.41 Å². The van der Waals surface area contributed by atoms with Crippen molar-refractivity contribution in [3.8, 4) is 5.75 Å². The second-order valence-electron chi connectivity index (χ2n) is 4.84. The lowest BCUT2D eigenvalue weighted by atomic mass is 9.93. The summed E-state index contributed by atoms with van der Waals surface area (Å²) in [6, 6.07) is 5.35. The molecule has 0 aliphatic carbocycles. The zero-order chi connectivity index (χ0) is 11.5. The van der Waals surface area contributed by atoms with Crippen molar-refractivity contribution < 1.29 is 4.74 Å². The topological polar surface area (TPSA) is 35.2 Å². The van der Waals surface area contributed by atoms with E-state index in [0.29, 0.717) is 17.3 Å². The van der Waals surface area contributed by atoms with Crippen LogP contribution >= 0.6 is 11.6 Å². The number of benzene rings is 1. The SMILES string of the molecule is CC(C)(C)CCOc1ccc(N)c(Cl)c1.